The van der Waals surface area contributed by atoms with E-state index in [1.807, 2.05) is 0 Å². The van der Waals surface area contributed by atoms with Crippen molar-refractivity contribution in [3.63, 3.8) is 0 Å². The average Bonchev–Trinajstić information content (AvgIpc) is 2.88. The van der Waals surface area contributed by atoms with E-state index >= 15 is 0 Å². The number of thiophene rings is 1. The molecule has 1 aromatic carbocycles. The summed E-state index contributed by atoms with van der Waals surface area (Å²) in [4.78, 5) is 12.5. The molecule has 4 nitrogen and oxygen atoms in total. The second kappa shape index (κ2) is 6.13. The van der Waals surface area contributed by atoms with E-state index in [2.05, 4.69) is 5.32 Å². The Morgan fingerprint density at radius 1 is 1.33 bits per heavy atom. The molecule has 112 valence electrons. The van der Waals surface area contributed by atoms with Crippen molar-refractivity contribution in [2.24, 2.45) is 0 Å². The standard InChI is InChI=1S/C13H11ClFNO3S2/c1-8-3-2-4-10(12(8)15)13(17)16-7-9-5-6-11(20-9)21(14,18)19/h2-6H,7H2,1H3,(H,16,17). The third kappa shape index (κ3) is 3.81. The van der Waals surface area contributed by atoms with Gasteiger partial charge < -0.3 is 5.32 Å². The van der Waals surface area contributed by atoms with E-state index in [4.69, 9.17) is 10.7 Å². The maximum Gasteiger partial charge on any atom is 0.270 e. The smallest absolute Gasteiger partial charge is 0.270 e. The molecule has 0 atom stereocenters. The number of hydrogen-bond donors (Lipinski definition) is 1. The van der Waals surface area contributed by atoms with Crippen molar-refractivity contribution in [3.05, 3.63) is 52.2 Å². The number of halogens is 2. The first-order valence-corrected chi connectivity index (χ1v) is 8.98. The van der Waals surface area contributed by atoms with Gasteiger partial charge in [0.1, 0.15) is 10.0 Å². The van der Waals surface area contributed by atoms with E-state index in [-0.39, 0.29) is 16.3 Å². The Morgan fingerprint density at radius 3 is 2.67 bits per heavy atom. The molecule has 2 rings (SSSR count). The first-order valence-electron chi connectivity index (χ1n) is 5.85. The van der Waals surface area contributed by atoms with Crippen LogP contribution >= 0.6 is 22.0 Å². The van der Waals surface area contributed by atoms with Gasteiger partial charge in [-0.05, 0) is 30.7 Å². The van der Waals surface area contributed by atoms with Crippen LogP contribution in [0.2, 0.25) is 0 Å². The second-order valence-electron chi connectivity index (χ2n) is 4.28. The molecule has 1 heterocycles. The van der Waals surface area contributed by atoms with Crippen LogP contribution in [0.5, 0.6) is 0 Å². The van der Waals surface area contributed by atoms with Crippen molar-refractivity contribution in [2.45, 2.75) is 17.7 Å². The molecular formula is C13H11ClFNO3S2. The Labute approximate surface area is 130 Å². The fourth-order valence-corrected chi connectivity index (χ4v) is 3.73. The monoisotopic (exact) mass is 347 g/mol. The molecule has 0 aliphatic carbocycles. The highest BCUT2D eigenvalue weighted by Gasteiger charge is 2.15. The van der Waals surface area contributed by atoms with Crippen molar-refractivity contribution < 1.29 is 17.6 Å². The first kappa shape index (κ1) is 15.9. The van der Waals surface area contributed by atoms with Crippen LogP contribution in [-0.4, -0.2) is 14.3 Å². The minimum absolute atomic E-state index is 0.00940. The zero-order chi connectivity index (χ0) is 15.6. The molecule has 1 amide bonds. The topological polar surface area (TPSA) is 63.2 Å². The molecule has 0 aliphatic rings. The maximum absolute atomic E-state index is 13.8. The van der Waals surface area contributed by atoms with Gasteiger partial charge >= 0.3 is 0 Å². The van der Waals surface area contributed by atoms with Crippen LogP contribution in [-0.2, 0) is 15.6 Å². The molecule has 0 radical (unpaired) electrons. The number of carbonyl (C=O) groups excluding carboxylic acids is 1. The third-order valence-corrected chi connectivity index (χ3v) is 5.91. The van der Waals surface area contributed by atoms with E-state index in [0.717, 1.165) is 11.3 Å². The second-order valence-corrected chi connectivity index (χ2v) is 8.24. The summed E-state index contributed by atoms with van der Waals surface area (Å²) in [7, 11) is 1.45. The molecule has 0 fully saturated rings. The summed E-state index contributed by atoms with van der Waals surface area (Å²) in [6.07, 6.45) is 0. The number of carbonyl (C=O) groups is 1. The summed E-state index contributed by atoms with van der Waals surface area (Å²) in [6.45, 7) is 1.67. The minimum Gasteiger partial charge on any atom is -0.347 e. The van der Waals surface area contributed by atoms with Gasteiger partial charge in [-0.15, -0.1) is 11.3 Å². The SMILES string of the molecule is Cc1cccc(C(=O)NCc2ccc(S(=O)(=O)Cl)s2)c1F. The molecule has 1 aromatic heterocycles. The number of aryl methyl sites for hydroxylation is 1. The molecule has 8 heteroatoms. The van der Waals surface area contributed by atoms with E-state index in [1.165, 1.54) is 12.1 Å². The van der Waals surface area contributed by atoms with Gasteiger partial charge in [0.15, 0.2) is 0 Å². The van der Waals surface area contributed by atoms with Gasteiger partial charge in [0, 0.05) is 15.6 Å². The average molecular weight is 348 g/mol. The number of nitrogens with one attached hydrogen (secondary N) is 1. The molecule has 1 N–H and O–H groups in total. The Bertz CT molecular complexity index is 786. The van der Waals surface area contributed by atoms with Crippen LogP contribution in [0.15, 0.2) is 34.5 Å². The zero-order valence-corrected chi connectivity index (χ0v) is 13.3. The highest BCUT2D eigenvalue weighted by atomic mass is 35.7. The lowest BCUT2D eigenvalue weighted by molar-refractivity contribution is 0.0947. The third-order valence-electron chi connectivity index (χ3n) is 2.74. The Hall–Kier alpha value is -1.44. The zero-order valence-electron chi connectivity index (χ0n) is 10.9. The van der Waals surface area contributed by atoms with Crippen molar-refractivity contribution in [1.82, 2.24) is 5.32 Å². The van der Waals surface area contributed by atoms with Crippen LogP contribution in [0.1, 0.15) is 20.8 Å². The Balaban J connectivity index is 2.08. The quantitative estimate of drug-likeness (QED) is 0.864. The summed E-state index contributed by atoms with van der Waals surface area (Å²) in [5.74, 6) is -1.12. The van der Waals surface area contributed by atoms with Gasteiger partial charge in [-0.25, -0.2) is 12.8 Å². The van der Waals surface area contributed by atoms with Gasteiger partial charge in [0.25, 0.3) is 15.0 Å². The molecule has 2 aromatic rings. The van der Waals surface area contributed by atoms with Gasteiger partial charge in [-0.1, -0.05) is 12.1 Å². The normalized spacial score (nSPS) is 11.4. The van der Waals surface area contributed by atoms with Gasteiger partial charge in [-0.3, -0.25) is 4.79 Å². The largest absolute Gasteiger partial charge is 0.347 e. The number of rotatable bonds is 4. The highest BCUT2D eigenvalue weighted by molar-refractivity contribution is 8.15. The maximum atomic E-state index is 13.8. The summed E-state index contributed by atoms with van der Waals surface area (Å²) in [5.41, 5.74) is 0.339. The minimum atomic E-state index is -3.77. The van der Waals surface area contributed by atoms with Gasteiger partial charge in [-0.2, -0.15) is 0 Å². The van der Waals surface area contributed by atoms with E-state index < -0.39 is 20.8 Å². The summed E-state index contributed by atoms with van der Waals surface area (Å²) in [6, 6.07) is 7.47. The predicted molar refractivity (Wildman–Crippen MR) is 79.7 cm³/mol. The number of hydrogen-bond acceptors (Lipinski definition) is 4. The van der Waals surface area contributed by atoms with Crippen LogP contribution in [0, 0.1) is 12.7 Å². The van der Waals surface area contributed by atoms with Crippen molar-refractivity contribution in [1.29, 1.82) is 0 Å². The number of amides is 1. The molecule has 0 saturated heterocycles. The van der Waals surface area contributed by atoms with E-state index in [1.54, 1.807) is 25.1 Å². The summed E-state index contributed by atoms with van der Waals surface area (Å²) >= 11 is 0.956. The lowest BCUT2D eigenvalue weighted by Crippen LogP contribution is -2.23. The van der Waals surface area contributed by atoms with E-state index in [9.17, 15) is 17.6 Å². The molecular weight excluding hydrogens is 337 g/mol. The highest BCUT2D eigenvalue weighted by Crippen LogP contribution is 2.24. The fourth-order valence-electron chi connectivity index (χ4n) is 1.67. The van der Waals surface area contributed by atoms with Crippen LogP contribution in [0.3, 0.4) is 0 Å². The molecule has 0 unspecified atom stereocenters. The molecule has 0 bridgehead atoms. The van der Waals surface area contributed by atoms with Gasteiger partial charge in [0.2, 0.25) is 0 Å². The Morgan fingerprint density at radius 2 is 2.05 bits per heavy atom. The predicted octanol–water partition coefficient (Wildman–Crippen LogP) is 3.05. The van der Waals surface area contributed by atoms with Crippen LogP contribution in [0.25, 0.3) is 0 Å². The lowest BCUT2D eigenvalue weighted by Gasteiger charge is -2.06. The molecule has 21 heavy (non-hydrogen) atoms. The van der Waals surface area contributed by atoms with Crippen molar-refractivity contribution >= 4 is 37.0 Å². The van der Waals surface area contributed by atoms with Crippen LogP contribution in [0.4, 0.5) is 4.39 Å². The molecule has 0 saturated carbocycles. The first-order chi connectivity index (χ1) is 9.79. The van der Waals surface area contributed by atoms with Crippen molar-refractivity contribution in [2.75, 3.05) is 0 Å². The number of benzene rings is 1. The molecule has 0 spiro atoms. The Kier molecular flexibility index (Phi) is 4.65. The fraction of sp³-hybridized carbons (Fsp3) is 0.154. The molecule has 0 aliphatic heterocycles. The summed E-state index contributed by atoms with van der Waals surface area (Å²) < 4.78 is 36.0. The van der Waals surface area contributed by atoms with Crippen molar-refractivity contribution in [3.8, 4) is 0 Å². The van der Waals surface area contributed by atoms with Crippen LogP contribution < -0.4 is 5.32 Å². The lowest BCUT2D eigenvalue weighted by atomic mass is 10.1. The van der Waals surface area contributed by atoms with E-state index in [0.29, 0.717) is 10.4 Å². The van der Waals surface area contributed by atoms with Gasteiger partial charge in [0.05, 0.1) is 12.1 Å². The summed E-state index contributed by atoms with van der Waals surface area (Å²) in [5, 5.41) is 2.54.